The van der Waals surface area contributed by atoms with E-state index in [-0.39, 0.29) is 5.78 Å². The maximum atomic E-state index is 12.3. The second kappa shape index (κ2) is 5.80. The Bertz CT molecular complexity index is 441. The van der Waals surface area contributed by atoms with Gasteiger partial charge in [-0.15, -0.1) is 0 Å². The summed E-state index contributed by atoms with van der Waals surface area (Å²) in [6.07, 6.45) is 0.765. The fourth-order valence-electron chi connectivity index (χ4n) is 1.54. The molecule has 98 valence electrons. The van der Waals surface area contributed by atoms with Crippen LogP contribution in [0.25, 0.3) is 0 Å². The molecule has 0 aromatic heterocycles. The number of hydrogen-bond donors (Lipinski definition) is 0. The van der Waals surface area contributed by atoms with Crippen LogP contribution in [0.3, 0.4) is 0 Å². The first-order valence-corrected chi connectivity index (χ1v) is 6.19. The van der Waals surface area contributed by atoms with Gasteiger partial charge in [-0.25, -0.2) is 4.79 Å². The molecule has 0 saturated carbocycles. The van der Waals surface area contributed by atoms with E-state index >= 15 is 0 Å². The predicted molar refractivity (Wildman–Crippen MR) is 70.8 cm³/mol. The molecule has 0 amide bonds. The molecule has 1 rings (SSSR count). The van der Waals surface area contributed by atoms with Crippen molar-refractivity contribution in [2.75, 3.05) is 6.61 Å². The Labute approximate surface area is 108 Å². The van der Waals surface area contributed by atoms with E-state index in [2.05, 4.69) is 0 Å². The summed E-state index contributed by atoms with van der Waals surface area (Å²) < 4.78 is 5.09. The van der Waals surface area contributed by atoms with Crippen molar-refractivity contribution in [2.45, 2.75) is 34.1 Å². The summed E-state index contributed by atoms with van der Waals surface area (Å²) in [5.41, 5.74) is 0.276. The van der Waals surface area contributed by atoms with Crippen LogP contribution in [0.1, 0.15) is 54.8 Å². The van der Waals surface area contributed by atoms with E-state index in [0.717, 1.165) is 6.42 Å². The van der Waals surface area contributed by atoms with Crippen molar-refractivity contribution in [1.29, 1.82) is 0 Å². The van der Waals surface area contributed by atoms with Crippen molar-refractivity contribution < 1.29 is 14.3 Å². The summed E-state index contributed by atoms with van der Waals surface area (Å²) in [4.78, 5) is 24.1. The first kappa shape index (κ1) is 14.4. The van der Waals surface area contributed by atoms with Crippen molar-refractivity contribution in [2.24, 2.45) is 5.41 Å². The summed E-state index contributed by atoms with van der Waals surface area (Å²) in [5, 5.41) is 0. The van der Waals surface area contributed by atoms with Gasteiger partial charge in [0, 0.05) is 11.0 Å². The van der Waals surface area contributed by atoms with Gasteiger partial charge in [0.25, 0.3) is 0 Å². The minimum atomic E-state index is -0.513. The Morgan fingerprint density at radius 2 is 1.67 bits per heavy atom. The number of esters is 1. The maximum absolute atomic E-state index is 12.3. The monoisotopic (exact) mass is 248 g/mol. The quantitative estimate of drug-likeness (QED) is 0.605. The topological polar surface area (TPSA) is 43.4 Å². The van der Waals surface area contributed by atoms with E-state index in [9.17, 15) is 9.59 Å². The number of hydrogen-bond acceptors (Lipinski definition) is 3. The average molecular weight is 248 g/mol. The number of carbonyl (C=O) groups excluding carboxylic acids is 2. The molecule has 0 saturated heterocycles. The summed E-state index contributed by atoms with van der Waals surface area (Å²) in [6, 6.07) is 6.81. The number of Topliss-reactive ketones (excluding diaryl/α,β-unsaturated/α-hetero) is 1. The van der Waals surface area contributed by atoms with E-state index in [1.54, 1.807) is 24.3 Å². The minimum Gasteiger partial charge on any atom is -0.462 e. The van der Waals surface area contributed by atoms with Crippen LogP contribution in [0.4, 0.5) is 0 Å². The molecule has 0 unspecified atom stereocenters. The molecule has 0 N–H and O–H groups in total. The van der Waals surface area contributed by atoms with Crippen LogP contribution >= 0.6 is 0 Å². The van der Waals surface area contributed by atoms with E-state index in [0.29, 0.717) is 17.7 Å². The first-order valence-electron chi connectivity index (χ1n) is 6.19. The van der Waals surface area contributed by atoms with Crippen LogP contribution in [0.2, 0.25) is 0 Å². The normalized spacial score (nSPS) is 11.1. The number of benzene rings is 1. The Morgan fingerprint density at radius 3 is 2.17 bits per heavy atom. The van der Waals surface area contributed by atoms with Crippen molar-refractivity contribution in [3.05, 3.63) is 35.4 Å². The molecule has 18 heavy (non-hydrogen) atoms. The van der Waals surface area contributed by atoms with E-state index in [1.165, 1.54) is 0 Å². The van der Waals surface area contributed by atoms with Crippen LogP contribution in [0, 0.1) is 5.41 Å². The van der Waals surface area contributed by atoms with Gasteiger partial charge >= 0.3 is 5.97 Å². The summed E-state index contributed by atoms with van der Waals surface area (Å²) in [5.74, 6) is -0.475. The fraction of sp³-hybridized carbons (Fsp3) is 0.467. The average Bonchev–Trinajstić information content (AvgIpc) is 2.34. The van der Waals surface area contributed by atoms with Crippen LogP contribution in [-0.4, -0.2) is 18.4 Å². The standard InChI is InChI=1S/C15H20O3/c1-5-10-18-14(17)12-9-7-6-8-11(12)13(16)15(2,3)4/h6-9H,5,10H2,1-4H3. The molecular weight excluding hydrogens is 228 g/mol. The zero-order chi connectivity index (χ0) is 13.8. The molecule has 0 spiro atoms. The molecule has 1 aromatic carbocycles. The zero-order valence-corrected chi connectivity index (χ0v) is 11.4. The van der Waals surface area contributed by atoms with Crippen molar-refractivity contribution in [1.82, 2.24) is 0 Å². The van der Waals surface area contributed by atoms with E-state index in [4.69, 9.17) is 4.74 Å². The Kier molecular flexibility index (Phi) is 4.65. The second-order valence-electron chi connectivity index (χ2n) is 5.26. The highest BCUT2D eigenvalue weighted by Crippen LogP contribution is 2.23. The minimum absolute atomic E-state index is 0.0495. The lowest BCUT2D eigenvalue weighted by molar-refractivity contribution is 0.0500. The lowest BCUT2D eigenvalue weighted by atomic mass is 9.85. The first-order chi connectivity index (χ1) is 8.38. The van der Waals surface area contributed by atoms with Crippen LogP contribution in [-0.2, 0) is 4.74 Å². The van der Waals surface area contributed by atoms with Gasteiger partial charge in [0.1, 0.15) is 0 Å². The fourth-order valence-corrected chi connectivity index (χ4v) is 1.54. The largest absolute Gasteiger partial charge is 0.462 e. The lowest BCUT2D eigenvalue weighted by Gasteiger charge is -2.18. The molecule has 0 atom stereocenters. The van der Waals surface area contributed by atoms with Crippen molar-refractivity contribution in [3.63, 3.8) is 0 Å². The number of ketones is 1. The smallest absolute Gasteiger partial charge is 0.338 e. The highest BCUT2D eigenvalue weighted by molar-refractivity contribution is 6.08. The highest BCUT2D eigenvalue weighted by Gasteiger charge is 2.27. The molecule has 0 bridgehead atoms. The molecule has 1 aromatic rings. The number of carbonyl (C=O) groups is 2. The summed E-state index contributed by atoms with van der Waals surface area (Å²) in [7, 11) is 0. The van der Waals surface area contributed by atoms with Crippen LogP contribution in [0.5, 0.6) is 0 Å². The molecule has 0 heterocycles. The second-order valence-corrected chi connectivity index (χ2v) is 5.26. The lowest BCUT2D eigenvalue weighted by Crippen LogP contribution is -2.23. The van der Waals surface area contributed by atoms with Gasteiger partial charge in [0.05, 0.1) is 12.2 Å². The van der Waals surface area contributed by atoms with Gasteiger partial charge in [-0.1, -0.05) is 45.9 Å². The molecule has 0 aliphatic rings. The van der Waals surface area contributed by atoms with Crippen molar-refractivity contribution >= 4 is 11.8 Å². The van der Waals surface area contributed by atoms with Gasteiger partial charge in [-0.05, 0) is 12.5 Å². The molecule has 0 aliphatic heterocycles. The van der Waals surface area contributed by atoms with Gasteiger partial charge < -0.3 is 4.74 Å². The predicted octanol–water partition coefficient (Wildman–Crippen LogP) is 3.48. The van der Waals surface area contributed by atoms with Gasteiger partial charge in [-0.3, -0.25) is 4.79 Å². The number of rotatable bonds is 4. The van der Waals surface area contributed by atoms with Crippen LogP contribution < -0.4 is 0 Å². The maximum Gasteiger partial charge on any atom is 0.338 e. The SMILES string of the molecule is CCCOC(=O)c1ccccc1C(=O)C(C)(C)C. The number of ether oxygens (including phenoxy) is 1. The molecule has 3 nitrogen and oxygen atoms in total. The molecular formula is C15H20O3. The zero-order valence-electron chi connectivity index (χ0n) is 11.4. The molecule has 0 aliphatic carbocycles. The molecule has 0 fully saturated rings. The van der Waals surface area contributed by atoms with Gasteiger partial charge in [0.2, 0.25) is 0 Å². The van der Waals surface area contributed by atoms with E-state index < -0.39 is 11.4 Å². The molecule has 0 radical (unpaired) electrons. The third-order valence-electron chi connectivity index (χ3n) is 2.51. The van der Waals surface area contributed by atoms with E-state index in [1.807, 2.05) is 27.7 Å². The Morgan fingerprint density at radius 1 is 1.11 bits per heavy atom. The molecule has 3 heteroatoms. The van der Waals surface area contributed by atoms with Crippen LogP contribution in [0.15, 0.2) is 24.3 Å². The summed E-state index contributed by atoms with van der Waals surface area (Å²) in [6.45, 7) is 7.81. The Balaban J connectivity index is 3.07. The highest BCUT2D eigenvalue weighted by atomic mass is 16.5. The third-order valence-corrected chi connectivity index (χ3v) is 2.51. The van der Waals surface area contributed by atoms with Gasteiger partial charge in [0.15, 0.2) is 5.78 Å². The van der Waals surface area contributed by atoms with Gasteiger partial charge in [-0.2, -0.15) is 0 Å². The third kappa shape index (κ3) is 3.42. The van der Waals surface area contributed by atoms with Crippen molar-refractivity contribution in [3.8, 4) is 0 Å². The Hall–Kier alpha value is -1.64. The summed E-state index contributed by atoms with van der Waals surface area (Å²) >= 11 is 0.